The summed E-state index contributed by atoms with van der Waals surface area (Å²) in [6.07, 6.45) is 3.67. The summed E-state index contributed by atoms with van der Waals surface area (Å²) in [5.41, 5.74) is 4.08. The van der Waals surface area contributed by atoms with Crippen LogP contribution in [-0.2, 0) is 4.74 Å². The molecule has 0 radical (unpaired) electrons. The predicted molar refractivity (Wildman–Crippen MR) is 107 cm³/mol. The number of hydrogen-bond acceptors (Lipinski definition) is 6. The third kappa shape index (κ3) is 2.36. The number of benzene rings is 1. The lowest BCUT2D eigenvalue weighted by molar-refractivity contribution is 0.122. The maximum atomic E-state index is 6.06. The number of morpholine rings is 1. The molecule has 0 spiro atoms. The van der Waals surface area contributed by atoms with Gasteiger partial charge in [0, 0.05) is 36.6 Å². The van der Waals surface area contributed by atoms with E-state index in [1.165, 1.54) is 0 Å². The van der Waals surface area contributed by atoms with Gasteiger partial charge in [0.15, 0.2) is 17.2 Å². The Labute approximate surface area is 160 Å². The van der Waals surface area contributed by atoms with Crippen LogP contribution in [-0.4, -0.2) is 46.2 Å². The van der Waals surface area contributed by atoms with E-state index in [1.54, 1.807) is 6.20 Å². The number of aromatic nitrogens is 4. The summed E-state index contributed by atoms with van der Waals surface area (Å²) in [5.74, 6) is 1.48. The highest BCUT2D eigenvalue weighted by atomic mass is 16.5. The first-order valence-corrected chi connectivity index (χ1v) is 9.32. The van der Waals surface area contributed by atoms with Crippen molar-refractivity contribution >= 4 is 38.9 Å². The van der Waals surface area contributed by atoms with Gasteiger partial charge in [0.25, 0.3) is 0 Å². The van der Waals surface area contributed by atoms with E-state index in [9.17, 15) is 0 Å². The summed E-state index contributed by atoms with van der Waals surface area (Å²) in [5, 5.41) is 2.06. The molecule has 0 bridgehead atoms. The minimum atomic E-state index is 0.582. The fraction of sp³-hybridized carbons (Fsp3) is 0.190. The van der Waals surface area contributed by atoms with Crippen molar-refractivity contribution in [1.29, 1.82) is 0 Å². The second kappa shape index (κ2) is 6.03. The van der Waals surface area contributed by atoms with E-state index in [1.807, 2.05) is 18.3 Å². The van der Waals surface area contributed by atoms with Gasteiger partial charge >= 0.3 is 0 Å². The second-order valence-electron chi connectivity index (χ2n) is 6.89. The summed E-state index contributed by atoms with van der Waals surface area (Å²) < 4.78 is 11.6. The maximum Gasteiger partial charge on any atom is 0.229 e. The first-order valence-electron chi connectivity index (χ1n) is 9.32. The van der Waals surface area contributed by atoms with Gasteiger partial charge in [-0.3, -0.25) is 0 Å². The van der Waals surface area contributed by atoms with Crippen LogP contribution in [0.4, 0.5) is 5.82 Å². The summed E-state index contributed by atoms with van der Waals surface area (Å²) in [6.45, 7) is 2.89. The number of fused-ring (bicyclic) bond motifs is 4. The number of aromatic amines is 1. The Morgan fingerprint density at radius 1 is 1.04 bits per heavy atom. The summed E-state index contributed by atoms with van der Waals surface area (Å²) in [4.78, 5) is 19.6. The predicted octanol–water partition coefficient (Wildman–Crippen LogP) is 3.76. The van der Waals surface area contributed by atoms with Crippen LogP contribution in [0.2, 0.25) is 0 Å². The average Bonchev–Trinajstić information content (AvgIpc) is 3.37. The third-order valence-corrected chi connectivity index (χ3v) is 5.20. The van der Waals surface area contributed by atoms with E-state index in [0.29, 0.717) is 30.3 Å². The van der Waals surface area contributed by atoms with Crippen LogP contribution >= 0.6 is 0 Å². The van der Waals surface area contributed by atoms with Crippen LogP contribution in [0, 0.1) is 0 Å². The number of hydrogen-bond donors (Lipinski definition) is 1. The van der Waals surface area contributed by atoms with Gasteiger partial charge in [-0.15, -0.1) is 0 Å². The molecule has 138 valence electrons. The largest absolute Gasteiger partial charge is 0.432 e. The highest BCUT2D eigenvalue weighted by Crippen LogP contribution is 2.34. The zero-order valence-electron chi connectivity index (χ0n) is 15.1. The van der Waals surface area contributed by atoms with Crippen LogP contribution < -0.4 is 4.90 Å². The number of rotatable bonds is 2. The molecule has 1 N–H and O–H groups in total. The van der Waals surface area contributed by atoms with Crippen molar-refractivity contribution in [3.05, 3.63) is 48.8 Å². The number of ether oxygens (including phenoxy) is 1. The molecule has 5 heterocycles. The Morgan fingerprint density at radius 2 is 1.96 bits per heavy atom. The molecule has 0 unspecified atom stereocenters. The molecule has 6 rings (SSSR count). The molecule has 7 heteroatoms. The quantitative estimate of drug-likeness (QED) is 0.509. The van der Waals surface area contributed by atoms with Crippen molar-refractivity contribution in [2.45, 2.75) is 0 Å². The molecule has 0 atom stereocenters. The molecule has 1 aliphatic rings. The van der Waals surface area contributed by atoms with E-state index in [-0.39, 0.29) is 0 Å². The molecule has 5 aromatic rings. The minimum Gasteiger partial charge on any atom is -0.432 e. The maximum absolute atomic E-state index is 6.06. The van der Waals surface area contributed by atoms with Gasteiger partial charge in [0.2, 0.25) is 5.71 Å². The highest BCUT2D eigenvalue weighted by Gasteiger charge is 2.22. The number of furan rings is 1. The highest BCUT2D eigenvalue weighted by molar-refractivity contribution is 6.05. The Bertz CT molecular complexity index is 1320. The Hall–Kier alpha value is -3.45. The molecule has 0 amide bonds. The number of nitrogens with zero attached hydrogens (tertiary/aromatic N) is 4. The first kappa shape index (κ1) is 15.6. The minimum absolute atomic E-state index is 0.582. The Kier molecular flexibility index (Phi) is 3.36. The molecule has 1 fully saturated rings. The lowest BCUT2D eigenvalue weighted by Gasteiger charge is -2.27. The molecule has 0 saturated carbocycles. The zero-order chi connectivity index (χ0) is 18.5. The smallest absolute Gasteiger partial charge is 0.229 e. The molecule has 0 aliphatic carbocycles. The molecule has 7 nitrogen and oxygen atoms in total. The zero-order valence-corrected chi connectivity index (χ0v) is 15.1. The van der Waals surface area contributed by atoms with Crippen molar-refractivity contribution < 1.29 is 9.15 Å². The van der Waals surface area contributed by atoms with Gasteiger partial charge in [-0.05, 0) is 29.7 Å². The van der Waals surface area contributed by atoms with Gasteiger partial charge in [0.1, 0.15) is 5.52 Å². The number of nitrogens with one attached hydrogen (secondary N) is 1. The number of anilines is 1. The number of H-pyrrole nitrogens is 1. The normalized spacial score (nSPS) is 15.1. The number of pyridine rings is 1. The van der Waals surface area contributed by atoms with Crippen molar-refractivity contribution in [1.82, 2.24) is 19.9 Å². The van der Waals surface area contributed by atoms with E-state index in [0.717, 1.165) is 46.3 Å². The standard InChI is InChI=1S/C21H17N5O2/c1-2-15-17-18(28-21(15)23-6-1)20(26-8-10-27-11-9-26)25-19(24-17)14-4-3-13-5-7-22-16(13)12-14/h1-7,12,22H,8-11H2. The van der Waals surface area contributed by atoms with E-state index < -0.39 is 0 Å². The lowest BCUT2D eigenvalue weighted by Crippen LogP contribution is -2.37. The van der Waals surface area contributed by atoms with Crippen LogP contribution in [0.5, 0.6) is 0 Å². The lowest BCUT2D eigenvalue weighted by atomic mass is 10.1. The molecule has 4 aromatic heterocycles. The van der Waals surface area contributed by atoms with Crippen LogP contribution in [0.15, 0.2) is 53.2 Å². The summed E-state index contributed by atoms with van der Waals surface area (Å²) in [7, 11) is 0. The van der Waals surface area contributed by atoms with Gasteiger partial charge in [-0.2, -0.15) is 0 Å². The van der Waals surface area contributed by atoms with E-state index >= 15 is 0 Å². The average molecular weight is 371 g/mol. The SMILES string of the molecule is c1cnc2oc3c(N4CCOCC4)nc(-c4ccc5cc[nH]c5c4)nc3c2c1. The summed E-state index contributed by atoms with van der Waals surface area (Å²) in [6, 6.07) is 12.2. The monoisotopic (exact) mass is 371 g/mol. The molecule has 1 aliphatic heterocycles. The molecule has 1 saturated heterocycles. The van der Waals surface area contributed by atoms with Crippen LogP contribution in [0.25, 0.3) is 44.5 Å². The van der Waals surface area contributed by atoms with E-state index in [4.69, 9.17) is 19.1 Å². The van der Waals surface area contributed by atoms with Crippen LogP contribution in [0.1, 0.15) is 0 Å². The van der Waals surface area contributed by atoms with Crippen molar-refractivity contribution in [2.75, 3.05) is 31.2 Å². The Morgan fingerprint density at radius 3 is 2.89 bits per heavy atom. The molecule has 28 heavy (non-hydrogen) atoms. The van der Waals surface area contributed by atoms with Crippen LogP contribution in [0.3, 0.4) is 0 Å². The molecular formula is C21H17N5O2. The van der Waals surface area contributed by atoms with Gasteiger partial charge in [-0.25, -0.2) is 15.0 Å². The topological polar surface area (TPSA) is 80.1 Å². The molecule has 1 aromatic carbocycles. The van der Waals surface area contributed by atoms with Crippen molar-refractivity contribution in [3.63, 3.8) is 0 Å². The van der Waals surface area contributed by atoms with Crippen molar-refractivity contribution in [2.24, 2.45) is 0 Å². The van der Waals surface area contributed by atoms with Gasteiger partial charge in [0.05, 0.1) is 18.6 Å². The van der Waals surface area contributed by atoms with Gasteiger partial charge < -0.3 is 19.0 Å². The summed E-state index contributed by atoms with van der Waals surface area (Å²) >= 11 is 0. The van der Waals surface area contributed by atoms with E-state index in [2.05, 4.69) is 39.1 Å². The van der Waals surface area contributed by atoms with Crippen molar-refractivity contribution in [3.8, 4) is 11.4 Å². The first-order chi connectivity index (χ1) is 13.9. The van der Waals surface area contributed by atoms with Gasteiger partial charge in [-0.1, -0.05) is 12.1 Å². The fourth-order valence-corrected chi connectivity index (χ4v) is 3.77. The Balaban J connectivity index is 1.62. The second-order valence-corrected chi connectivity index (χ2v) is 6.89. The third-order valence-electron chi connectivity index (χ3n) is 5.20. The fourth-order valence-electron chi connectivity index (χ4n) is 3.77. The molecular weight excluding hydrogens is 354 g/mol.